The molecule has 1 aromatic rings. The third-order valence-electron chi connectivity index (χ3n) is 3.45. The smallest absolute Gasteiger partial charge is 0.231 e. The number of fused-ring (bicyclic) bond motifs is 1. The lowest BCUT2D eigenvalue weighted by molar-refractivity contribution is 0.174. The van der Waals surface area contributed by atoms with E-state index in [9.17, 15) is 0 Å². The minimum absolute atomic E-state index is 0.110. The minimum Gasteiger partial charge on any atom is -0.454 e. The van der Waals surface area contributed by atoms with Gasteiger partial charge in [0.25, 0.3) is 0 Å². The lowest BCUT2D eigenvalue weighted by Gasteiger charge is -2.26. The van der Waals surface area contributed by atoms with Gasteiger partial charge in [0.05, 0.1) is 0 Å². The van der Waals surface area contributed by atoms with Gasteiger partial charge >= 0.3 is 0 Å². The van der Waals surface area contributed by atoms with Crippen LogP contribution in [0, 0.1) is 6.92 Å². The molecule has 2 N–H and O–H groups in total. The molecule has 1 aliphatic rings. The molecule has 4 heteroatoms. The van der Waals surface area contributed by atoms with Gasteiger partial charge in [-0.2, -0.15) is 0 Å². The van der Waals surface area contributed by atoms with Crippen LogP contribution in [-0.2, 0) is 6.42 Å². The van der Waals surface area contributed by atoms with Crippen molar-refractivity contribution < 1.29 is 9.47 Å². The fourth-order valence-electron chi connectivity index (χ4n) is 2.40. The molecule has 1 heterocycles. The average molecular weight is 264 g/mol. The van der Waals surface area contributed by atoms with Crippen molar-refractivity contribution in [1.29, 1.82) is 0 Å². The van der Waals surface area contributed by atoms with Crippen LogP contribution >= 0.6 is 0 Å². The molecule has 0 aliphatic carbocycles. The molecule has 1 aliphatic heterocycles. The van der Waals surface area contributed by atoms with Crippen molar-refractivity contribution in [3.8, 4) is 11.5 Å². The molecule has 106 valence electrons. The maximum Gasteiger partial charge on any atom is 0.231 e. The first-order chi connectivity index (χ1) is 9.02. The van der Waals surface area contributed by atoms with Gasteiger partial charge in [-0.1, -0.05) is 0 Å². The highest BCUT2D eigenvalue weighted by atomic mass is 16.7. The minimum atomic E-state index is 0.110. The summed E-state index contributed by atoms with van der Waals surface area (Å²) in [5.74, 6) is 1.74. The van der Waals surface area contributed by atoms with E-state index in [4.69, 9.17) is 9.47 Å². The molecule has 0 saturated heterocycles. The van der Waals surface area contributed by atoms with Gasteiger partial charge in [0.15, 0.2) is 11.5 Å². The number of rotatable bonds is 6. The van der Waals surface area contributed by atoms with E-state index in [2.05, 4.69) is 43.5 Å². The zero-order valence-corrected chi connectivity index (χ0v) is 12.3. The van der Waals surface area contributed by atoms with Crippen LogP contribution in [0.2, 0.25) is 0 Å². The van der Waals surface area contributed by atoms with Crippen molar-refractivity contribution in [2.75, 3.05) is 26.9 Å². The largest absolute Gasteiger partial charge is 0.454 e. The molecule has 0 unspecified atom stereocenters. The van der Waals surface area contributed by atoms with E-state index in [1.54, 1.807) is 0 Å². The molecular weight excluding hydrogens is 240 g/mol. The Labute approximate surface area is 115 Å². The van der Waals surface area contributed by atoms with Crippen LogP contribution in [0.3, 0.4) is 0 Å². The maximum atomic E-state index is 5.43. The van der Waals surface area contributed by atoms with Crippen LogP contribution < -0.4 is 20.1 Å². The second kappa shape index (κ2) is 5.80. The molecule has 2 rings (SSSR count). The number of benzene rings is 1. The first kappa shape index (κ1) is 14.2. The number of likely N-dealkylation sites (N-methyl/N-ethyl adjacent to an activating group) is 1. The van der Waals surface area contributed by atoms with Crippen molar-refractivity contribution in [2.45, 2.75) is 32.7 Å². The SMILES string of the molecule is CNCC(C)(C)NCCc1cc2c(cc1C)OCO2. The van der Waals surface area contributed by atoms with Crippen LogP contribution in [0.1, 0.15) is 25.0 Å². The summed E-state index contributed by atoms with van der Waals surface area (Å²) in [6.07, 6.45) is 0.996. The Morgan fingerprint density at radius 1 is 1.21 bits per heavy atom. The third-order valence-corrected chi connectivity index (χ3v) is 3.45. The lowest BCUT2D eigenvalue weighted by atomic mass is 10.0. The third kappa shape index (κ3) is 3.61. The van der Waals surface area contributed by atoms with Crippen molar-refractivity contribution >= 4 is 0 Å². The molecule has 1 aromatic carbocycles. The van der Waals surface area contributed by atoms with Crippen LogP contribution in [-0.4, -0.2) is 32.5 Å². The monoisotopic (exact) mass is 264 g/mol. The normalized spacial score (nSPS) is 13.9. The highest BCUT2D eigenvalue weighted by Gasteiger charge is 2.17. The predicted octanol–water partition coefficient (Wildman–Crippen LogP) is 1.85. The van der Waals surface area contributed by atoms with Gasteiger partial charge in [-0.3, -0.25) is 0 Å². The molecule has 19 heavy (non-hydrogen) atoms. The van der Waals surface area contributed by atoms with Gasteiger partial charge in [-0.15, -0.1) is 0 Å². The fraction of sp³-hybridized carbons (Fsp3) is 0.600. The van der Waals surface area contributed by atoms with E-state index in [1.165, 1.54) is 11.1 Å². The summed E-state index contributed by atoms with van der Waals surface area (Å²) >= 11 is 0. The summed E-state index contributed by atoms with van der Waals surface area (Å²) in [5, 5.41) is 6.77. The first-order valence-electron chi connectivity index (χ1n) is 6.80. The molecule has 0 aromatic heterocycles. The van der Waals surface area contributed by atoms with Crippen molar-refractivity contribution in [3.05, 3.63) is 23.3 Å². The van der Waals surface area contributed by atoms with Crippen LogP contribution in [0.15, 0.2) is 12.1 Å². The van der Waals surface area contributed by atoms with Crippen LogP contribution in [0.25, 0.3) is 0 Å². The predicted molar refractivity (Wildman–Crippen MR) is 77.0 cm³/mol. The summed E-state index contributed by atoms with van der Waals surface area (Å²) in [6, 6.07) is 4.17. The summed E-state index contributed by atoms with van der Waals surface area (Å²) in [5.41, 5.74) is 2.69. The summed E-state index contributed by atoms with van der Waals surface area (Å²) in [6.45, 7) is 8.77. The van der Waals surface area contributed by atoms with Crippen molar-refractivity contribution in [1.82, 2.24) is 10.6 Å². The molecule has 0 fully saturated rings. The van der Waals surface area contributed by atoms with Gasteiger partial charge in [0.2, 0.25) is 6.79 Å². The quantitative estimate of drug-likeness (QED) is 0.823. The zero-order chi connectivity index (χ0) is 13.9. The second-order valence-corrected chi connectivity index (χ2v) is 5.72. The van der Waals surface area contributed by atoms with E-state index in [0.717, 1.165) is 31.0 Å². The van der Waals surface area contributed by atoms with Crippen LogP contribution in [0.5, 0.6) is 11.5 Å². The van der Waals surface area contributed by atoms with E-state index in [0.29, 0.717) is 6.79 Å². The van der Waals surface area contributed by atoms with Gasteiger partial charge in [-0.25, -0.2) is 0 Å². The van der Waals surface area contributed by atoms with E-state index in [-0.39, 0.29) is 5.54 Å². The Hall–Kier alpha value is -1.26. The summed E-state index contributed by atoms with van der Waals surface area (Å²) in [4.78, 5) is 0. The van der Waals surface area contributed by atoms with Gasteiger partial charge < -0.3 is 20.1 Å². The van der Waals surface area contributed by atoms with E-state index in [1.807, 2.05) is 7.05 Å². The van der Waals surface area contributed by atoms with Gasteiger partial charge in [0.1, 0.15) is 0 Å². The Bertz CT molecular complexity index is 444. The van der Waals surface area contributed by atoms with Crippen molar-refractivity contribution in [2.24, 2.45) is 0 Å². The number of aryl methyl sites for hydroxylation is 1. The first-order valence-corrected chi connectivity index (χ1v) is 6.80. The topological polar surface area (TPSA) is 42.5 Å². The van der Waals surface area contributed by atoms with E-state index >= 15 is 0 Å². The molecule has 0 bridgehead atoms. The summed E-state index contributed by atoms with van der Waals surface area (Å²) < 4.78 is 10.8. The van der Waals surface area contributed by atoms with Crippen LogP contribution in [0.4, 0.5) is 0 Å². The number of ether oxygens (including phenoxy) is 2. The highest BCUT2D eigenvalue weighted by Crippen LogP contribution is 2.34. The van der Waals surface area contributed by atoms with Crippen molar-refractivity contribution in [3.63, 3.8) is 0 Å². The fourth-order valence-corrected chi connectivity index (χ4v) is 2.40. The zero-order valence-electron chi connectivity index (χ0n) is 12.3. The van der Waals surface area contributed by atoms with Gasteiger partial charge in [0, 0.05) is 12.1 Å². The Balaban J connectivity index is 1.93. The number of hydrogen-bond donors (Lipinski definition) is 2. The van der Waals surface area contributed by atoms with Gasteiger partial charge in [-0.05, 0) is 64.0 Å². The molecule has 0 atom stereocenters. The summed E-state index contributed by atoms with van der Waals surface area (Å²) in [7, 11) is 1.98. The molecular formula is C15H24N2O2. The Morgan fingerprint density at radius 2 is 1.89 bits per heavy atom. The Morgan fingerprint density at radius 3 is 2.58 bits per heavy atom. The molecule has 4 nitrogen and oxygen atoms in total. The lowest BCUT2D eigenvalue weighted by Crippen LogP contribution is -2.47. The number of nitrogens with one attached hydrogen (secondary N) is 2. The second-order valence-electron chi connectivity index (χ2n) is 5.72. The molecule has 0 spiro atoms. The average Bonchev–Trinajstić information content (AvgIpc) is 2.76. The standard InChI is InChI=1S/C15H24N2O2/c1-11-7-13-14(19-10-18-13)8-12(11)5-6-17-15(2,3)9-16-4/h7-8,16-17H,5-6,9-10H2,1-4H3. The molecule has 0 radical (unpaired) electrons. The Kier molecular flexibility index (Phi) is 4.32. The maximum absolute atomic E-state index is 5.43. The number of hydrogen-bond acceptors (Lipinski definition) is 4. The highest BCUT2D eigenvalue weighted by molar-refractivity contribution is 5.48. The molecule has 0 amide bonds. The molecule has 0 saturated carbocycles. The van der Waals surface area contributed by atoms with E-state index < -0.39 is 0 Å².